The van der Waals surface area contributed by atoms with E-state index in [0.29, 0.717) is 31.5 Å². The van der Waals surface area contributed by atoms with Gasteiger partial charge in [0.25, 0.3) is 5.91 Å². The third-order valence-corrected chi connectivity index (χ3v) is 4.67. The summed E-state index contributed by atoms with van der Waals surface area (Å²) >= 11 is 0. The number of amides is 2. The molecule has 1 aromatic carbocycles. The highest BCUT2D eigenvalue weighted by Gasteiger charge is 2.23. The number of nitrogens with one attached hydrogen (secondary N) is 1. The van der Waals surface area contributed by atoms with Crippen molar-refractivity contribution in [3.63, 3.8) is 0 Å². The summed E-state index contributed by atoms with van der Waals surface area (Å²) in [6.45, 7) is 1.28. The smallest absolute Gasteiger partial charge is 0.251 e. The highest BCUT2D eigenvalue weighted by Crippen LogP contribution is 2.14. The Hall–Kier alpha value is -2.76. The first-order valence-electron chi connectivity index (χ1n) is 8.85. The lowest BCUT2D eigenvalue weighted by atomic mass is 10.0. The second-order valence-electron chi connectivity index (χ2n) is 6.49. The van der Waals surface area contributed by atoms with Crippen molar-refractivity contribution < 1.29 is 14.0 Å². The summed E-state index contributed by atoms with van der Waals surface area (Å²) in [6.07, 6.45) is 5.71. The van der Waals surface area contributed by atoms with Crippen LogP contribution in [0.5, 0.6) is 0 Å². The second-order valence-corrected chi connectivity index (χ2v) is 6.49. The molecule has 1 N–H and O–H groups in total. The average molecular weight is 355 g/mol. The van der Waals surface area contributed by atoms with Crippen molar-refractivity contribution in [3.8, 4) is 0 Å². The number of piperidine rings is 1. The Morgan fingerprint density at radius 1 is 1.08 bits per heavy atom. The van der Waals surface area contributed by atoms with E-state index in [1.54, 1.807) is 36.7 Å². The van der Waals surface area contributed by atoms with E-state index in [1.165, 1.54) is 12.1 Å². The highest BCUT2D eigenvalue weighted by atomic mass is 19.1. The van der Waals surface area contributed by atoms with Crippen LogP contribution in [0.4, 0.5) is 4.39 Å². The zero-order valence-corrected chi connectivity index (χ0v) is 14.5. The Morgan fingerprint density at radius 3 is 2.38 bits per heavy atom. The third kappa shape index (κ3) is 4.88. The molecular formula is C20H22FN3O2. The third-order valence-electron chi connectivity index (χ3n) is 4.67. The summed E-state index contributed by atoms with van der Waals surface area (Å²) in [5.41, 5.74) is 1.55. The second kappa shape index (κ2) is 8.56. The van der Waals surface area contributed by atoms with Gasteiger partial charge in [0, 0.05) is 43.5 Å². The Bertz CT molecular complexity index is 741. The van der Waals surface area contributed by atoms with Crippen LogP contribution in [0.15, 0.2) is 48.8 Å². The van der Waals surface area contributed by atoms with Gasteiger partial charge in [0.1, 0.15) is 5.82 Å². The fourth-order valence-electron chi connectivity index (χ4n) is 3.11. The van der Waals surface area contributed by atoms with E-state index in [0.717, 1.165) is 18.4 Å². The zero-order valence-electron chi connectivity index (χ0n) is 14.5. The van der Waals surface area contributed by atoms with Crippen LogP contribution in [-0.4, -0.2) is 40.8 Å². The van der Waals surface area contributed by atoms with E-state index in [4.69, 9.17) is 0 Å². The summed E-state index contributed by atoms with van der Waals surface area (Å²) < 4.78 is 12.9. The number of halogens is 1. The summed E-state index contributed by atoms with van der Waals surface area (Å²) in [5.74, 6) is -0.266. The monoisotopic (exact) mass is 355 g/mol. The number of nitrogens with zero attached hydrogens (tertiary/aromatic N) is 2. The van der Waals surface area contributed by atoms with Crippen LogP contribution < -0.4 is 5.32 Å². The Labute approximate surface area is 152 Å². The summed E-state index contributed by atoms with van der Waals surface area (Å²) in [6, 6.07) is 9.70. The maximum Gasteiger partial charge on any atom is 0.251 e. The molecule has 26 heavy (non-hydrogen) atoms. The number of hydrogen-bond donors (Lipinski definition) is 1. The molecule has 0 saturated carbocycles. The molecule has 1 aromatic heterocycles. The summed E-state index contributed by atoms with van der Waals surface area (Å²) in [4.78, 5) is 30.3. The molecule has 2 heterocycles. The highest BCUT2D eigenvalue weighted by molar-refractivity contribution is 5.94. The predicted molar refractivity (Wildman–Crippen MR) is 96.0 cm³/mol. The molecule has 1 aliphatic rings. The summed E-state index contributed by atoms with van der Waals surface area (Å²) in [5, 5.41) is 3.02. The maximum atomic E-state index is 12.9. The van der Waals surface area contributed by atoms with Gasteiger partial charge >= 0.3 is 0 Å². The van der Waals surface area contributed by atoms with Crippen LogP contribution in [0.3, 0.4) is 0 Å². The van der Waals surface area contributed by atoms with E-state index >= 15 is 0 Å². The van der Waals surface area contributed by atoms with E-state index in [-0.39, 0.29) is 23.7 Å². The van der Waals surface area contributed by atoms with Gasteiger partial charge in [0.15, 0.2) is 0 Å². The number of hydrogen-bond acceptors (Lipinski definition) is 3. The average Bonchev–Trinajstić information content (AvgIpc) is 2.68. The van der Waals surface area contributed by atoms with Crippen molar-refractivity contribution in [2.24, 2.45) is 0 Å². The standard InChI is InChI=1S/C20H22FN3O2/c21-17-4-1-15(2-5-17)3-6-19(25)24-13-9-18(10-14-24)23-20(26)16-7-11-22-12-8-16/h1-2,4-5,7-8,11-12,18H,3,6,9-10,13-14H2,(H,23,26). The minimum atomic E-state index is -0.268. The predicted octanol–water partition coefficient (Wildman–Crippen LogP) is 2.57. The molecule has 2 amide bonds. The fraction of sp³-hybridized carbons (Fsp3) is 0.350. The van der Waals surface area contributed by atoms with Crippen LogP contribution in [-0.2, 0) is 11.2 Å². The number of rotatable bonds is 5. The molecule has 1 fully saturated rings. The summed E-state index contributed by atoms with van der Waals surface area (Å²) in [7, 11) is 0. The maximum absolute atomic E-state index is 12.9. The largest absolute Gasteiger partial charge is 0.349 e. The van der Waals surface area contributed by atoms with Gasteiger partial charge < -0.3 is 10.2 Å². The van der Waals surface area contributed by atoms with Crippen molar-refractivity contribution in [1.82, 2.24) is 15.2 Å². The van der Waals surface area contributed by atoms with Crippen LogP contribution >= 0.6 is 0 Å². The fourth-order valence-corrected chi connectivity index (χ4v) is 3.11. The number of carbonyl (C=O) groups excluding carboxylic acids is 2. The molecule has 5 nitrogen and oxygen atoms in total. The number of aryl methyl sites for hydroxylation is 1. The molecule has 0 bridgehead atoms. The molecular weight excluding hydrogens is 333 g/mol. The molecule has 0 aliphatic carbocycles. The number of carbonyl (C=O) groups is 2. The van der Waals surface area contributed by atoms with Gasteiger partial charge in [-0.3, -0.25) is 14.6 Å². The van der Waals surface area contributed by atoms with E-state index in [9.17, 15) is 14.0 Å². The lowest BCUT2D eigenvalue weighted by Gasteiger charge is -2.32. The first-order valence-corrected chi connectivity index (χ1v) is 8.85. The van der Waals surface area contributed by atoms with Gasteiger partial charge in [-0.05, 0) is 49.1 Å². The molecule has 2 aromatic rings. The van der Waals surface area contributed by atoms with Crippen LogP contribution in [0.1, 0.15) is 35.2 Å². The van der Waals surface area contributed by atoms with Gasteiger partial charge in [-0.15, -0.1) is 0 Å². The van der Waals surface area contributed by atoms with Crippen LogP contribution in [0, 0.1) is 5.82 Å². The van der Waals surface area contributed by atoms with Gasteiger partial charge in [0.05, 0.1) is 0 Å². The molecule has 1 aliphatic heterocycles. The van der Waals surface area contributed by atoms with Crippen molar-refractivity contribution in [2.75, 3.05) is 13.1 Å². The molecule has 6 heteroatoms. The minimum Gasteiger partial charge on any atom is -0.349 e. The topological polar surface area (TPSA) is 62.3 Å². The van der Waals surface area contributed by atoms with E-state index in [2.05, 4.69) is 10.3 Å². The van der Waals surface area contributed by atoms with Crippen LogP contribution in [0.2, 0.25) is 0 Å². The first-order chi connectivity index (χ1) is 12.6. The van der Waals surface area contributed by atoms with Crippen molar-refractivity contribution in [2.45, 2.75) is 31.7 Å². The quantitative estimate of drug-likeness (QED) is 0.897. The molecule has 0 spiro atoms. The van der Waals surface area contributed by atoms with Crippen molar-refractivity contribution >= 4 is 11.8 Å². The normalized spacial score (nSPS) is 14.9. The lowest BCUT2D eigenvalue weighted by Crippen LogP contribution is -2.46. The SMILES string of the molecule is O=C(NC1CCN(C(=O)CCc2ccc(F)cc2)CC1)c1ccncc1. The number of benzene rings is 1. The van der Waals surface area contributed by atoms with Crippen molar-refractivity contribution in [1.29, 1.82) is 0 Å². The zero-order chi connectivity index (χ0) is 18.4. The molecule has 136 valence electrons. The number of aromatic nitrogens is 1. The number of likely N-dealkylation sites (tertiary alicyclic amines) is 1. The van der Waals surface area contributed by atoms with Gasteiger partial charge in [-0.1, -0.05) is 12.1 Å². The Morgan fingerprint density at radius 2 is 1.73 bits per heavy atom. The lowest BCUT2D eigenvalue weighted by molar-refractivity contribution is -0.132. The number of pyridine rings is 1. The van der Waals surface area contributed by atoms with Gasteiger partial charge in [-0.2, -0.15) is 0 Å². The molecule has 0 radical (unpaired) electrons. The minimum absolute atomic E-state index is 0.0804. The van der Waals surface area contributed by atoms with Crippen molar-refractivity contribution in [3.05, 3.63) is 65.7 Å². The molecule has 0 unspecified atom stereocenters. The molecule has 1 saturated heterocycles. The molecule has 3 rings (SSSR count). The molecule has 0 atom stereocenters. The van der Waals surface area contributed by atoms with Crippen LogP contribution in [0.25, 0.3) is 0 Å². The van der Waals surface area contributed by atoms with E-state index in [1.807, 2.05) is 4.90 Å². The van der Waals surface area contributed by atoms with E-state index < -0.39 is 0 Å². The Kier molecular flexibility index (Phi) is 5.94. The van der Waals surface area contributed by atoms with Gasteiger partial charge in [-0.25, -0.2) is 4.39 Å². The van der Waals surface area contributed by atoms with Gasteiger partial charge in [0.2, 0.25) is 5.91 Å². The first kappa shape index (κ1) is 18.0. The Balaban J connectivity index is 1.42.